The molecular formula is C15H23ClN2O3S. The van der Waals surface area contributed by atoms with Gasteiger partial charge in [-0.25, -0.2) is 8.42 Å². The van der Waals surface area contributed by atoms with E-state index in [0.29, 0.717) is 17.5 Å². The van der Waals surface area contributed by atoms with Crippen molar-refractivity contribution in [2.24, 2.45) is 5.92 Å². The van der Waals surface area contributed by atoms with Crippen molar-refractivity contribution in [3.8, 4) is 0 Å². The maximum absolute atomic E-state index is 11.9. The fourth-order valence-electron chi connectivity index (χ4n) is 1.81. The molecule has 1 N–H and O–H groups in total. The zero-order valence-electron chi connectivity index (χ0n) is 13.2. The lowest BCUT2D eigenvalue weighted by Crippen LogP contribution is -2.35. The van der Waals surface area contributed by atoms with Crippen LogP contribution in [-0.2, 0) is 21.4 Å². The fraction of sp³-hybridized carbons (Fsp3) is 0.533. The summed E-state index contributed by atoms with van der Waals surface area (Å²) in [4.78, 5) is 11.7. The van der Waals surface area contributed by atoms with E-state index in [4.69, 9.17) is 11.6 Å². The Morgan fingerprint density at radius 2 is 1.95 bits per heavy atom. The Labute approximate surface area is 137 Å². The van der Waals surface area contributed by atoms with E-state index in [9.17, 15) is 13.2 Å². The molecule has 0 unspecified atom stereocenters. The molecule has 0 aromatic heterocycles. The second-order valence-electron chi connectivity index (χ2n) is 5.64. The highest BCUT2D eigenvalue weighted by atomic mass is 35.5. The summed E-state index contributed by atoms with van der Waals surface area (Å²) >= 11 is 6.06. The standard InChI is InChI=1S/C15H23ClN2O3S/c1-12(2)10-17-15(19)8-9-18(22(3,20)21)11-13-6-4-5-7-14(13)16/h4-7,12H,8-11H2,1-3H3,(H,17,19). The van der Waals surface area contributed by atoms with Crippen molar-refractivity contribution in [1.29, 1.82) is 0 Å². The van der Waals surface area contributed by atoms with Gasteiger partial charge in [0, 0.05) is 31.1 Å². The zero-order valence-corrected chi connectivity index (χ0v) is 14.7. The summed E-state index contributed by atoms with van der Waals surface area (Å²) in [5, 5.41) is 3.29. The second kappa shape index (κ2) is 8.50. The topological polar surface area (TPSA) is 66.5 Å². The Morgan fingerprint density at radius 3 is 2.50 bits per heavy atom. The van der Waals surface area contributed by atoms with Gasteiger partial charge in [0.25, 0.3) is 0 Å². The molecule has 0 radical (unpaired) electrons. The number of hydrogen-bond donors (Lipinski definition) is 1. The minimum absolute atomic E-state index is 0.129. The monoisotopic (exact) mass is 346 g/mol. The van der Waals surface area contributed by atoms with Gasteiger partial charge >= 0.3 is 0 Å². The van der Waals surface area contributed by atoms with Crippen LogP contribution in [0.3, 0.4) is 0 Å². The molecule has 0 aliphatic carbocycles. The van der Waals surface area contributed by atoms with E-state index >= 15 is 0 Å². The number of nitrogens with one attached hydrogen (secondary N) is 1. The summed E-state index contributed by atoms with van der Waals surface area (Å²) in [7, 11) is -3.41. The molecule has 0 aliphatic rings. The Balaban J connectivity index is 2.67. The molecule has 1 rings (SSSR count). The number of hydrogen-bond acceptors (Lipinski definition) is 3. The summed E-state index contributed by atoms with van der Waals surface area (Å²) < 4.78 is 25.0. The summed E-state index contributed by atoms with van der Waals surface area (Å²) in [5.74, 6) is 0.208. The van der Waals surface area contributed by atoms with Crippen LogP contribution >= 0.6 is 11.6 Å². The van der Waals surface area contributed by atoms with Crippen LogP contribution in [-0.4, -0.2) is 38.0 Å². The summed E-state index contributed by atoms with van der Waals surface area (Å²) in [6, 6.07) is 7.08. The molecule has 124 valence electrons. The van der Waals surface area contributed by atoms with Crippen LogP contribution in [0.5, 0.6) is 0 Å². The lowest BCUT2D eigenvalue weighted by molar-refractivity contribution is -0.121. The molecular weight excluding hydrogens is 324 g/mol. The largest absolute Gasteiger partial charge is 0.356 e. The van der Waals surface area contributed by atoms with E-state index in [1.54, 1.807) is 24.3 Å². The molecule has 1 aromatic carbocycles. The van der Waals surface area contributed by atoms with E-state index in [0.717, 1.165) is 11.8 Å². The molecule has 0 heterocycles. The molecule has 0 atom stereocenters. The van der Waals surface area contributed by atoms with Gasteiger partial charge in [0.05, 0.1) is 6.26 Å². The van der Waals surface area contributed by atoms with E-state index in [2.05, 4.69) is 5.32 Å². The smallest absolute Gasteiger partial charge is 0.221 e. The van der Waals surface area contributed by atoms with Crippen molar-refractivity contribution in [3.05, 3.63) is 34.9 Å². The number of rotatable bonds is 8. The van der Waals surface area contributed by atoms with Gasteiger partial charge in [-0.2, -0.15) is 4.31 Å². The highest BCUT2D eigenvalue weighted by molar-refractivity contribution is 7.88. The molecule has 5 nitrogen and oxygen atoms in total. The SMILES string of the molecule is CC(C)CNC(=O)CCN(Cc1ccccc1Cl)S(C)(=O)=O. The molecule has 22 heavy (non-hydrogen) atoms. The van der Waals surface area contributed by atoms with E-state index in [1.807, 2.05) is 13.8 Å². The first kappa shape index (κ1) is 18.9. The Kier molecular flexibility index (Phi) is 7.32. The van der Waals surface area contributed by atoms with Crippen molar-refractivity contribution in [1.82, 2.24) is 9.62 Å². The molecule has 1 amide bonds. The maximum Gasteiger partial charge on any atom is 0.221 e. The van der Waals surface area contributed by atoms with E-state index in [-0.39, 0.29) is 25.4 Å². The minimum Gasteiger partial charge on any atom is -0.356 e. The van der Waals surface area contributed by atoms with Crippen LogP contribution in [0.1, 0.15) is 25.8 Å². The number of sulfonamides is 1. The molecule has 0 spiro atoms. The normalized spacial score (nSPS) is 11.9. The fourth-order valence-corrected chi connectivity index (χ4v) is 2.80. The molecule has 7 heteroatoms. The predicted molar refractivity (Wildman–Crippen MR) is 89.2 cm³/mol. The Morgan fingerprint density at radius 1 is 1.32 bits per heavy atom. The lowest BCUT2D eigenvalue weighted by atomic mass is 10.2. The summed E-state index contributed by atoms with van der Waals surface area (Å²) in [6.45, 7) is 4.88. The zero-order chi connectivity index (χ0) is 16.8. The van der Waals surface area contributed by atoms with Gasteiger partial charge in [-0.1, -0.05) is 43.6 Å². The number of amides is 1. The van der Waals surface area contributed by atoms with Crippen LogP contribution in [0.25, 0.3) is 0 Å². The van der Waals surface area contributed by atoms with E-state index in [1.165, 1.54) is 4.31 Å². The highest BCUT2D eigenvalue weighted by Crippen LogP contribution is 2.18. The quantitative estimate of drug-likeness (QED) is 0.785. The van der Waals surface area contributed by atoms with Crippen LogP contribution in [0.2, 0.25) is 5.02 Å². The average molecular weight is 347 g/mol. The lowest BCUT2D eigenvalue weighted by Gasteiger charge is -2.20. The number of carbonyl (C=O) groups is 1. The van der Waals surface area contributed by atoms with Crippen LogP contribution in [0, 0.1) is 5.92 Å². The Bertz CT molecular complexity index is 603. The van der Waals surface area contributed by atoms with Crippen molar-refractivity contribution >= 4 is 27.5 Å². The van der Waals surface area contributed by atoms with Gasteiger partial charge < -0.3 is 5.32 Å². The third-order valence-electron chi connectivity index (χ3n) is 3.07. The third-order valence-corrected chi connectivity index (χ3v) is 4.69. The number of nitrogens with zero attached hydrogens (tertiary/aromatic N) is 1. The average Bonchev–Trinajstić information content (AvgIpc) is 2.41. The predicted octanol–water partition coefficient (Wildman–Crippen LogP) is 2.26. The maximum atomic E-state index is 11.9. The first-order valence-electron chi connectivity index (χ1n) is 7.15. The molecule has 1 aromatic rings. The highest BCUT2D eigenvalue weighted by Gasteiger charge is 2.19. The molecule has 0 saturated heterocycles. The van der Waals surface area contributed by atoms with Crippen molar-refractivity contribution in [2.75, 3.05) is 19.3 Å². The first-order valence-corrected chi connectivity index (χ1v) is 9.38. The number of carbonyl (C=O) groups excluding carboxylic acids is 1. The van der Waals surface area contributed by atoms with Gasteiger partial charge in [-0.15, -0.1) is 0 Å². The third kappa shape index (κ3) is 6.77. The molecule has 0 aliphatic heterocycles. The summed E-state index contributed by atoms with van der Waals surface area (Å²) in [6.07, 6.45) is 1.26. The van der Waals surface area contributed by atoms with Gasteiger partial charge in [0.1, 0.15) is 0 Å². The van der Waals surface area contributed by atoms with Crippen LogP contribution in [0.4, 0.5) is 0 Å². The summed E-state index contributed by atoms with van der Waals surface area (Å²) in [5.41, 5.74) is 0.720. The van der Waals surface area contributed by atoms with Crippen LogP contribution < -0.4 is 5.32 Å². The molecule has 0 bridgehead atoms. The van der Waals surface area contributed by atoms with Gasteiger partial charge in [0.15, 0.2) is 0 Å². The van der Waals surface area contributed by atoms with Gasteiger partial charge in [-0.3, -0.25) is 4.79 Å². The van der Waals surface area contributed by atoms with Gasteiger partial charge in [-0.05, 0) is 17.5 Å². The van der Waals surface area contributed by atoms with Crippen molar-refractivity contribution < 1.29 is 13.2 Å². The number of halogens is 1. The molecule has 0 fully saturated rings. The first-order chi connectivity index (χ1) is 10.2. The van der Waals surface area contributed by atoms with Crippen molar-refractivity contribution in [2.45, 2.75) is 26.8 Å². The minimum atomic E-state index is -3.41. The van der Waals surface area contributed by atoms with E-state index < -0.39 is 10.0 Å². The van der Waals surface area contributed by atoms with Crippen molar-refractivity contribution in [3.63, 3.8) is 0 Å². The van der Waals surface area contributed by atoms with Crippen LogP contribution in [0.15, 0.2) is 24.3 Å². The number of benzene rings is 1. The van der Waals surface area contributed by atoms with Gasteiger partial charge in [0.2, 0.25) is 15.9 Å². The second-order valence-corrected chi connectivity index (χ2v) is 8.03. The molecule has 0 saturated carbocycles. The Hall–Kier alpha value is -1.11.